The van der Waals surface area contributed by atoms with Crippen molar-refractivity contribution in [2.24, 2.45) is 11.8 Å². The van der Waals surface area contributed by atoms with E-state index in [0.717, 1.165) is 19.4 Å². The number of amides is 1. The number of hydrogen-bond acceptors (Lipinski definition) is 2. The zero-order valence-electron chi connectivity index (χ0n) is 11.2. The second-order valence-corrected chi connectivity index (χ2v) is 5.66. The maximum Gasteiger partial charge on any atom is 0.393 e. The SMILES string of the molecule is CC1NCCCC1C(=O)N1CCCC(C(F)(F)F)C1. The first-order chi connectivity index (χ1) is 8.89. The van der Waals surface area contributed by atoms with E-state index >= 15 is 0 Å². The highest BCUT2D eigenvalue weighted by Gasteiger charge is 2.43. The Bertz CT molecular complexity index is 332. The maximum absolute atomic E-state index is 12.7. The number of piperidine rings is 2. The molecule has 0 spiro atoms. The van der Waals surface area contributed by atoms with Gasteiger partial charge in [-0.1, -0.05) is 0 Å². The lowest BCUT2D eigenvalue weighted by Gasteiger charge is -2.38. The Morgan fingerprint density at radius 3 is 2.63 bits per heavy atom. The Morgan fingerprint density at radius 1 is 1.26 bits per heavy atom. The van der Waals surface area contributed by atoms with Crippen LogP contribution in [0.4, 0.5) is 13.2 Å². The first-order valence-electron chi connectivity index (χ1n) is 6.98. The fraction of sp³-hybridized carbons (Fsp3) is 0.923. The first kappa shape index (κ1) is 14.6. The molecule has 2 aliphatic rings. The summed E-state index contributed by atoms with van der Waals surface area (Å²) in [6.07, 6.45) is -1.90. The van der Waals surface area contributed by atoms with E-state index in [9.17, 15) is 18.0 Å². The molecule has 0 aromatic heterocycles. The van der Waals surface area contributed by atoms with Crippen LogP contribution < -0.4 is 5.32 Å². The van der Waals surface area contributed by atoms with Gasteiger partial charge in [0.25, 0.3) is 0 Å². The van der Waals surface area contributed by atoms with Gasteiger partial charge in [0, 0.05) is 19.1 Å². The van der Waals surface area contributed by atoms with Gasteiger partial charge in [-0.2, -0.15) is 13.2 Å². The summed E-state index contributed by atoms with van der Waals surface area (Å²) < 4.78 is 38.2. The van der Waals surface area contributed by atoms with Crippen LogP contribution in [-0.4, -0.2) is 42.7 Å². The fourth-order valence-electron chi connectivity index (χ4n) is 3.06. The summed E-state index contributed by atoms with van der Waals surface area (Å²) in [5, 5.41) is 3.22. The normalized spacial score (nSPS) is 33.3. The molecule has 1 N–H and O–H groups in total. The molecule has 2 aliphatic heterocycles. The molecule has 19 heavy (non-hydrogen) atoms. The summed E-state index contributed by atoms with van der Waals surface area (Å²) in [6.45, 7) is 3.13. The van der Waals surface area contributed by atoms with Crippen molar-refractivity contribution in [1.82, 2.24) is 10.2 Å². The van der Waals surface area contributed by atoms with Crippen molar-refractivity contribution in [2.75, 3.05) is 19.6 Å². The quantitative estimate of drug-likeness (QED) is 0.797. The standard InChI is InChI=1S/C13H21F3N2O/c1-9-11(5-2-6-17-9)12(19)18-7-3-4-10(8-18)13(14,15)16/h9-11,17H,2-8H2,1H3. The molecule has 0 aromatic rings. The van der Waals surface area contributed by atoms with Crippen LogP contribution in [0.2, 0.25) is 0 Å². The molecule has 3 unspecified atom stereocenters. The van der Waals surface area contributed by atoms with Crippen LogP contribution >= 0.6 is 0 Å². The Kier molecular flexibility index (Phi) is 4.38. The molecule has 2 fully saturated rings. The molecule has 0 bridgehead atoms. The van der Waals surface area contributed by atoms with Gasteiger partial charge in [0.15, 0.2) is 0 Å². The van der Waals surface area contributed by atoms with Gasteiger partial charge in [0.05, 0.1) is 11.8 Å². The molecule has 0 aliphatic carbocycles. The van der Waals surface area contributed by atoms with Crippen LogP contribution in [-0.2, 0) is 4.79 Å². The molecule has 1 amide bonds. The average molecular weight is 278 g/mol. The van der Waals surface area contributed by atoms with Crippen LogP contribution in [0.5, 0.6) is 0 Å². The number of nitrogens with one attached hydrogen (secondary N) is 1. The van der Waals surface area contributed by atoms with Gasteiger partial charge >= 0.3 is 6.18 Å². The third-order valence-corrected chi connectivity index (χ3v) is 4.27. The van der Waals surface area contributed by atoms with E-state index in [-0.39, 0.29) is 30.8 Å². The molecule has 3 nitrogen and oxygen atoms in total. The Morgan fingerprint density at radius 2 is 2.00 bits per heavy atom. The van der Waals surface area contributed by atoms with E-state index in [1.165, 1.54) is 4.90 Å². The molecule has 2 heterocycles. The Balaban J connectivity index is 1.98. The van der Waals surface area contributed by atoms with Gasteiger partial charge in [0.1, 0.15) is 0 Å². The molecule has 0 aromatic carbocycles. The number of nitrogens with zero attached hydrogens (tertiary/aromatic N) is 1. The minimum atomic E-state index is -4.19. The lowest BCUT2D eigenvalue weighted by atomic mass is 9.89. The summed E-state index contributed by atoms with van der Waals surface area (Å²) in [5.41, 5.74) is 0. The number of alkyl halides is 3. The lowest BCUT2D eigenvalue weighted by molar-refractivity contribution is -0.189. The largest absolute Gasteiger partial charge is 0.393 e. The summed E-state index contributed by atoms with van der Waals surface area (Å²) >= 11 is 0. The highest BCUT2D eigenvalue weighted by molar-refractivity contribution is 5.79. The smallest absolute Gasteiger partial charge is 0.342 e. The van der Waals surface area contributed by atoms with Crippen molar-refractivity contribution in [3.8, 4) is 0 Å². The molecule has 3 atom stereocenters. The van der Waals surface area contributed by atoms with Crippen molar-refractivity contribution in [3.05, 3.63) is 0 Å². The van der Waals surface area contributed by atoms with Gasteiger partial charge in [-0.15, -0.1) is 0 Å². The summed E-state index contributed by atoms with van der Waals surface area (Å²) in [4.78, 5) is 13.8. The topological polar surface area (TPSA) is 32.3 Å². The number of hydrogen-bond donors (Lipinski definition) is 1. The van der Waals surface area contributed by atoms with Crippen molar-refractivity contribution < 1.29 is 18.0 Å². The molecule has 110 valence electrons. The Labute approximate surface area is 111 Å². The predicted octanol–water partition coefficient (Wildman–Crippen LogP) is 2.18. The second kappa shape index (κ2) is 5.69. The highest BCUT2D eigenvalue weighted by Crippen LogP contribution is 2.34. The monoisotopic (exact) mass is 278 g/mol. The van der Waals surface area contributed by atoms with Crippen LogP contribution in [0.1, 0.15) is 32.6 Å². The van der Waals surface area contributed by atoms with Crippen molar-refractivity contribution in [1.29, 1.82) is 0 Å². The summed E-state index contributed by atoms with van der Waals surface area (Å²) in [5.74, 6) is -1.62. The van der Waals surface area contributed by atoms with E-state index in [1.54, 1.807) is 0 Å². The fourth-order valence-corrected chi connectivity index (χ4v) is 3.06. The molecule has 2 rings (SSSR count). The zero-order valence-corrected chi connectivity index (χ0v) is 11.2. The number of likely N-dealkylation sites (tertiary alicyclic amines) is 1. The van der Waals surface area contributed by atoms with E-state index in [4.69, 9.17) is 0 Å². The van der Waals surface area contributed by atoms with E-state index in [2.05, 4.69) is 5.32 Å². The number of carbonyl (C=O) groups excluding carboxylic acids is 1. The number of carbonyl (C=O) groups is 1. The average Bonchev–Trinajstić information content (AvgIpc) is 2.38. The lowest BCUT2D eigenvalue weighted by Crippen LogP contribution is -2.52. The van der Waals surface area contributed by atoms with Gasteiger partial charge in [0.2, 0.25) is 5.91 Å². The first-order valence-corrected chi connectivity index (χ1v) is 6.98. The summed E-state index contributed by atoms with van der Waals surface area (Å²) in [6, 6.07) is 0.0625. The molecular formula is C13H21F3N2O. The zero-order chi connectivity index (χ0) is 14.0. The van der Waals surface area contributed by atoms with Crippen molar-refractivity contribution in [3.63, 3.8) is 0 Å². The predicted molar refractivity (Wildman–Crippen MR) is 65.5 cm³/mol. The van der Waals surface area contributed by atoms with Gasteiger partial charge in [-0.3, -0.25) is 4.79 Å². The Hall–Kier alpha value is -0.780. The van der Waals surface area contributed by atoms with E-state index in [1.807, 2.05) is 6.92 Å². The maximum atomic E-state index is 12.7. The third kappa shape index (κ3) is 3.41. The van der Waals surface area contributed by atoms with Crippen molar-refractivity contribution in [2.45, 2.75) is 44.8 Å². The number of halogens is 3. The van der Waals surface area contributed by atoms with Crippen molar-refractivity contribution >= 4 is 5.91 Å². The molecule has 2 saturated heterocycles. The molecule has 0 saturated carbocycles. The molecular weight excluding hydrogens is 257 g/mol. The minimum Gasteiger partial charge on any atom is -0.342 e. The third-order valence-electron chi connectivity index (χ3n) is 4.27. The second-order valence-electron chi connectivity index (χ2n) is 5.66. The van der Waals surface area contributed by atoms with Crippen LogP contribution in [0.25, 0.3) is 0 Å². The van der Waals surface area contributed by atoms with Gasteiger partial charge in [-0.25, -0.2) is 0 Å². The van der Waals surface area contributed by atoms with E-state index < -0.39 is 12.1 Å². The molecule has 6 heteroatoms. The van der Waals surface area contributed by atoms with Gasteiger partial charge < -0.3 is 10.2 Å². The van der Waals surface area contributed by atoms with Gasteiger partial charge in [-0.05, 0) is 39.2 Å². The molecule has 0 radical (unpaired) electrons. The highest BCUT2D eigenvalue weighted by atomic mass is 19.4. The minimum absolute atomic E-state index is 0.0625. The number of rotatable bonds is 1. The van der Waals surface area contributed by atoms with Crippen LogP contribution in [0.15, 0.2) is 0 Å². The van der Waals surface area contributed by atoms with E-state index in [0.29, 0.717) is 13.0 Å². The summed E-state index contributed by atoms with van der Waals surface area (Å²) in [7, 11) is 0. The van der Waals surface area contributed by atoms with Crippen LogP contribution in [0, 0.1) is 11.8 Å². The van der Waals surface area contributed by atoms with Crippen LogP contribution in [0.3, 0.4) is 0 Å².